The monoisotopic (exact) mass is 245 g/mol. The third kappa shape index (κ3) is 2.90. The van der Waals surface area contributed by atoms with Crippen LogP contribution in [-0.2, 0) is 13.5 Å². The predicted molar refractivity (Wildman–Crippen MR) is 71.5 cm³/mol. The average molecular weight is 245 g/mol. The highest BCUT2D eigenvalue weighted by Gasteiger charge is 2.11. The second-order valence-electron chi connectivity index (χ2n) is 4.41. The summed E-state index contributed by atoms with van der Waals surface area (Å²) in [6.45, 7) is 0. The lowest BCUT2D eigenvalue weighted by Gasteiger charge is -2.15. The Morgan fingerprint density at radius 2 is 2.17 bits per heavy atom. The van der Waals surface area contributed by atoms with Crippen molar-refractivity contribution < 1.29 is 4.74 Å². The zero-order chi connectivity index (χ0) is 13.0. The molecule has 4 nitrogen and oxygen atoms in total. The highest BCUT2D eigenvalue weighted by atomic mass is 16.5. The number of methoxy groups -OCH3 is 1. The standard InChI is InChI=1S/C14H19N3O/c1-17-10-11(9-16-17)7-8-13(15)12-5-3-4-6-14(12)18-2/h3-6,9-10,13H,7-8,15H2,1-2H3. The molecule has 4 heteroatoms. The van der Waals surface area contributed by atoms with Gasteiger partial charge >= 0.3 is 0 Å². The minimum atomic E-state index is -0.0126. The number of aryl methyl sites for hydroxylation is 2. The van der Waals surface area contributed by atoms with Gasteiger partial charge in [0.1, 0.15) is 5.75 Å². The molecule has 1 aromatic carbocycles. The van der Waals surface area contributed by atoms with E-state index in [0.29, 0.717) is 0 Å². The molecule has 0 radical (unpaired) electrons. The van der Waals surface area contributed by atoms with Gasteiger partial charge in [-0.15, -0.1) is 0 Å². The van der Waals surface area contributed by atoms with Gasteiger partial charge in [-0.3, -0.25) is 4.68 Å². The fourth-order valence-electron chi connectivity index (χ4n) is 2.05. The minimum absolute atomic E-state index is 0.0126. The summed E-state index contributed by atoms with van der Waals surface area (Å²) in [5.41, 5.74) is 8.49. The number of benzene rings is 1. The molecule has 0 saturated heterocycles. The van der Waals surface area contributed by atoms with Crippen LogP contribution in [-0.4, -0.2) is 16.9 Å². The lowest BCUT2D eigenvalue weighted by molar-refractivity contribution is 0.404. The number of rotatable bonds is 5. The number of hydrogen-bond acceptors (Lipinski definition) is 3. The highest BCUT2D eigenvalue weighted by Crippen LogP contribution is 2.26. The van der Waals surface area contributed by atoms with E-state index in [9.17, 15) is 0 Å². The quantitative estimate of drug-likeness (QED) is 0.877. The van der Waals surface area contributed by atoms with E-state index in [1.54, 1.807) is 7.11 Å². The van der Waals surface area contributed by atoms with Crippen LogP contribution in [0.3, 0.4) is 0 Å². The molecule has 1 heterocycles. The van der Waals surface area contributed by atoms with Crippen molar-refractivity contribution in [1.82, 2.24) is 9.78 Å². The van der Waals surface area contributed by atoms with Crippen molar-refractivity contribution in [2.24, 2.45) is 12.8 Å². The maximum atomic E-state index is 6.22. The van der Waals surface area contributed by atoms with Crippen molar-refractivity contribution in [2.75, 3.05) is 7.11 Å². The Labute approximate surface area is 107 Å². The Morgan fingerprint density at radius 3 is 2.83 bits per heavy atom. The van der Waals surface area contributed by atoms with Crippen LogP contribution in [0, 0.1) is 0 Å². The number of hydrogen-bond donors (Lipinski definition) is 1. The lowest BCUT2D eigenvalue weighted by atomic mass is 10.0. The van der Waals surface area contributed by atoms with E-state index >= 15 is 0 Å². The molecule has 0 fully saturated rings. The number of aromatic nitrogens is 2. The number of para-hydroxylation sites is 1. The smallest absolute Gasteiger partial charge is 0.123 e. The van der Waals surface area contributed by atoms with Crippen LogP contribution in [0.2, 0.25) is 0 Å². The largest absolute Gasteiger partial charge is 0.496 e. The Balaban J connectivity index is 2.01. The Kier molecular flexibility index (Phi) is 3.99. The number of nitrogens with zero attached hydrogens (tertiary/aromatic N) is 2. The maximum Gasteiger partial charge on any atom is 0.123 e. The first-order chi connectivity index (χ1) is 8.70. The first-order valence-electron chi connectivity index (χ1n) is 6.06. The van der Waals surface area contributed by atoms with Crippen LogP contribution >= 0.6 is 0 Å². The van der Waals surface area contributed by atoms with Gasteiger partial charge in [-0.25, -0.2) is 0 Å². The summed E-state index contributed by atoms with van der Waals surface area (Å²) in [4.78, 5) is 0. The molecule has 96 valence electrons. The molecule has 2 N–H and O–H groups in total. The molecule has 0 spiro atoms. The molecule has 1 atom stereocenters. The molecule has 0 amide bonds. The molecular weight excluding hydrogens is 226 g/mol. The summed E-state index contributed by atoms with van der Waals surface area (Å²) in [6, 6.07) is 7.89. The molecule has 18 heavy (non-hydrogen) atoms. The fourth-order valence-corrected chi connectivity index (χ4v) is 2.05. The Morgan fingerprint density at radius 1 is 1.39 bits per heavy atom. The van der Waals surface area contributed by atoms with Gasteiger partial charge in [-0.1, -0.05) is 18.2 Å². The zero-order valence-electron chi connectivity index (χ0n) is 10.8. The van der Waals surface area contributed by atoms with E-state index in [0.717, 1.165) is 24.2 Å². The SMILES string of the molecule is COc1ccccc1C(N)CCc1cnn(C)c1. The number of ether oxygens (including phenoxy) is 1. The Hall–Kier alpha value is -1.81. The molecule has 0 saturated carbocycles. The Bertz CT molecular complexity index is 507. The van der Waals surface area contributed by atoms with Gasteiger partial charge < -0.3 is 10.5 Å². The zero-order valence-corrected chi connectivity index (χ0v) is 10.8. The van der Waals surface area contributed by atoms with Gasteiger partial charge in [0.2, 0.25) is 0 Å². The van der Waals surface area contributed by atoms with E-state index in [2.05, 4.69) is 5.10 Å². The van der Waals surface area contributed by atoms with Gasteiger partial charge in [0, 0.05) is 24.8 Å². The average Bonchev–Trinajstić information content (AvgIpc) is 2.81. The van der Waals surface area contributed by atoms with Crippen LogP contribution in [0.1, 0.15) is 23.6 Å². The van der Waals surface area contributed by atoms with Gasteiger partial charge in [0.05, 0.1) is 13.3 Å². The first-order valence-corrected chi connectivity index (χ1v) is 6.06. The van der Waals surface area contributed by atoms with E-state index in [1.165, 1.54) is 5.56 Å². The summed E-state index contributed by atoms with van der Waals surface area (Å²) < 4.78 is 7.14. The molecule has 1 aromatic heterocycles. The lowest BCUT2D eigenvalue weighted by Crippen LogP contribution is -2.12. The second-order valence-corrected chi connectivity index (χ2v) is 4.41. The summed E-state index contributed by atoms with van der Waals surface area (Å²) in [6.07, 6.45) is 5.71. The van der Waals surface area contributed by atoms with Crippen LogP contribution in [0.5, 0.6) is 5.75 Å². The first kappa shape index (κ1) is 12.6. The van der Waals surface area contributed by atoms with Crippen molar-refractivity contribution in [1.29, 1.82) is 0 Å². The predicted octanol–water partition coefficient (Wildman–Crippen LogP) is 2.06. The van der Waals surface area contributed by atoms with Crippen LogP contribution in [0.4, 0.5) is 0 Å². The van der Waals surface area contributed by atoms with Crippen molar-refractivity contribution in [2.45, 2.75) is 18.9 Å². The van der Waals surface area contributed by atoms with Crippen LogP contribution in [0.25, 0.3) is 0 Å². The van der Waals surface area contributed by atoms with Crippen molar-refractivity contribution >= 4 is 0 Å². The highest BCUT2D eigenvalue weighted by molar-refractivity contribution is 5.35. The summed E-state index contributed by atoms with van der Waals surface area (Å²) in [5.74, 6) is 0.858. The van der Waals surface area contributed by atoms with E-state index in [-0.39, 0.29) is 6.04 Å². The summed E-state index contributed by atoms with van der Waals surface area (Å²) in [5, 5.41) is 4.15. The molecule has 0 bridgehead atoms. The molecule has 0 aliphatic carbocycles. The van der Waals surface area contributed by atoms with E-state index in [1.807, 2.05) is 48.4 Å². The van der Waals surface area contributed by atoms with Crippen molar-refractivity contribution in [3.8, 4) is 5.75 Å². The molecule has 0 aliphatic rings. The van der Waals surface area contributed by atoms with Crippen molar-refractivity contribution in [3.05, 3.63) is 47.8 Å². The molecule has 2 aromatic rings. The molecule has 2 rings (SSSR count). The van der Waals surface area contributed by atoms with Gasteiger partial charge in [-0.05, 0) is 24.5 Å². The summed E-state index contributed by atoms with van der Waals surface area (Å²) >= 11 is 0. The van der Waals surface area contributed by atoms with Crippen molar-refractivity contribution in [3.63, 3.8) is 0 Å². The fraction of sp³-hybridized carbons (Fsp3) is 0.357. The molecular formula is C14H19N3O. The van der Waals surface area contributed by atoms with E-state index < -0.39 is 0 Å². The topological polar surface area (TPSA) is 53.1 Å². The number of nitrogens with two attached hydrogens (primary N) is 1. The molecule has 0 aliphatic heterocycles. The maximum absolute atomic E-state index is 6.22. The van der Waals surface area contributed by atoms with Crippen LogP contribution < -0.4 is 10.5 Å². The normalized spacial score (nSPS) is 12.4. The molecule has 1 unspecified atom stereocenters. The van der Waals surface area contributed by atoms with Gasteiger partial charge in [0.25, 0.3) is 0 Å². The van der Waals surface area contributed by atoms with E-state index in [4.69, 9.17) is 10.5 Å². The third-order valence-corrected chi connectivity index (χ3v) is 3.04. The summed E-state index contributed by atoms with van der Waals surface area (Å²) in [7, 11) is 3.59. The van der Waals surface area contributed by atoms with Gasteiger partial charge in [-0.2, -0.15) is 5.10 Å². The minimum Gasteiger partial charge on any atom is -0.496 e. The van der Waals surface area contributed by atoms with Gasteiger partial charge in [0.15, 0.2) is 0 Å². The van der Waals surface area contributed by atoms with Crippen LogP contribution in [0.15, 0.2) is 36.7 Å². The third-order valence-electron chi connectivity index (χ3n) is 3.04. The second kappa shape index (κ2) is 5.69.